The molecule has 1 aromatic carbocycles. The number of hydrogen-bond donors (Lipinski definition) is 0. The Hall–Kier alpha value is -3.02. The van der Waals surface area contributed by atoms with E-state index in [0.717, 1.165) is 65.6 Å². The zero-order chi connectivity index (χ0) is 20.7. The van der Waals surface area contributed by atoms with Crippen LogP contribution in [0, 0.1) is 13.8 Å². The fourth-order valence-corrected chi connectivity index (χ4v) is 4.17. The maximum absolute atomic E-state index is 12.9. The van der Waals surface area contributed by atoms with Crippen molar-refractivity contribution in [1.29, 1.82) is 0 Å². The third kappa shape index (κ3) is 3.74. The predicted octanol–water partition coefficient (Wildman–Crippen LogP) is 4.65. The van der Waals surface area contributed by atoms with Crippen molar-refractivity contribution in [2.75, 3.05) is 13.1 Å². The summed E-state index contributed by atoms with van der Waals surface area (Å²) in [5.41, 5.74) is 4.75. The van der Waals surface area contributed by atoms with Gasteiger partial charge < -0.3 is 9.42 Å². The number of aromatic nitrogens is 3. The summed E-state index contributed by atoms with van der Waals surface area (Å²) in [6.07, 6.45) is 6.02. The van der Waals surface area contributed by atoms with E-state index in [0.29, 0.717) is 5.92 Å². The quantitative estimate of drug-likeness (QED) is 0.635. The van der Waals surface area contributed by atoms with Crippen LogP contribution in [-0.4, -0.2) is 39.0 Å². The molecule has 154 valence electrons. The molecule has 1 aliphatic heterocycles. The highest BCUT2D eigenvalue weighted by Crippen LogP contribution is 2.41. The second-order valence-electron chi connectivity index (χ2n) is 8.57. The highest BCUT2D eigenvalue weighted by molar-refractivity contribution is 5.94. The SMILES string of the molecule is Cc1ccc(C(=O)N2CCC(c3nc(C4CC4)ncc3-c3cc(C)no3)CC2)cc1. The minimum Gasteiger partial charge on any atom is -0.356 e. The lowest BCUT2D eigenvalue weighted by atomic mass is 9.89. The van der Waals surface area contributed by atoms with Crippen molar-refractivity contribution in [1.82, 2.24) is 20.0 Å². The van der Waals surface area contributed by atoms with Gasteiger partial charge in [-0.2, -0.15) is 0 Å². The number of rotatable bonds is 4. The number of aryl methyl sites for hydroxylation is 2. The van der Waals surface area contributed by atoms with Gasteiger partial charge in [-0.3, -0.25) is 4.79 Å². The molecule has 6 nitrogen and oxygen atoms in total. The van der Waals surface area contributed by atoms with Crippen LogP contribution >= 0.6 is 0 Å². The summed E-state index contributed by atoms with van der Waals surface area (Å²) in [4.78, 5) is 24.4. The molecule has 0 bridgehead atoms. The van der Waals surface area contributed by atoms with Crippen LogP contribution in [0.15, 0.2) is 41.1 Å². The van der Waals surface area contributed by atoms with Gasteiger partial charge in [0.05, 0.1) is 17.0 Å². The highest BCUT2D eigenvalue weighted by atomic mass is 16.5. The van der Waals surface area contributed by atoms with E-state index in [4.69, 9.17) is 9.51 Å². The van der Waals surface area contributed by atoms with Crippen molar-refractivity contribution in [3.63, 3.8) is 0 Å². The smallest absolute Gasteiger partial charge is 0.253 e. The summed E-state index contributed by atoms with van der Waals surface area (Å²) in [6.45, 7) is 5.41. The van der Waals surface area contributed by atoms with Gasteiger partial charge in [0.1, 0.15) is 5.82 Å². The minimum atomic E-state index is 0.112. The molecule has 1 saturated carbocycles. The minimum absolute atomic E-state index is 0.112. The number of hydrogen-bond acceptors (Lipinski definition) is 5. The van der Waals surface area contributed by atoms with Crippen molar-refractivity contribution in [3.05, 3.63) is 64.9 Å². The number of carbonyl (C=O) groups is 1. The van der Waals surface area contributed by atoms with Crippen LogP contribution in [0.3, 0.4) is 0 Å². The molecular formula is C24H26N4O2. The molecule has 0 spiro atoms. The number of benzene rings is 1. The van der Waals surface area contributed by atoms with Gasteiger partial charge >= 0.3 is 0 Å². The maximum atomic E-state index is 12.9. The lowest BCUT2D eigenvalue weighted by molar-refractivity contribution is 0.0712. The first-order chi connectivity index (χ1) is 14.6. The Morgan fingerprint density at radius 1 is 1.03 bits per heavy atom. The van der Waals surface area contributed by atoms with Crippen LogP contribution in [0.1, 0.15) is 70.7 Å². The van der Waals surface area contributed by atoms with E-state index in [1.54, 1.807) is 0 Å². The molecule has 0 radical (unpaired) electrons. The summed E-state index contributed by atoms with van der Waals surface area (Å²) in [6, 6.07) is 9.76. The lowest BCUT2D eigenvalue weighted by Gasteiger charge is -2.32. The number of carbonyl (C=O) groups excluding carboxylic acids is 1. The van der Waals surface area contributed by atoms with Crippen molar-refractivity contribution >= 4 is 5.91 Å². The molecule has 2 aliphatic rings. The molecule has 1 saturated heterocycles. The summed E-state index contributed by atoms with van der Waals surface area (Å²) < 4.78 is 5.53. The molecule has 0 N–H and O–H groups in total. The van der Waals surface area contributed by atoms with Crippen LogP contribution in [0.2, 0.25) is 0 Å². The Balaban J connectivity index is 1.36. The Kier molecular flexibility index (Phi) is 4.85. The molecule has 0 unspecified atom stereocenters. The van der Waals surface area contributed by atoms with Gasteiger partial charge in [0.25, 0.3) is 5.91 Å². The number of nitrogens with zero attached hydrogens (tertiary/aromatic N) is 4. The summed E-state index contributed by atoms with van der Waals surface area (Å²) in [7, 11) is 0. The monoisotopic (exact) mass is 402 g/mol. The summed E-state index contributed by atoms with van der Waals surface area (Å²) in [5.74, 6) is 2.57. The first-order valence-electron chi connectivity index (χ1n) is 10.7. The molecular weight excluding hydrogens is 376 g/mol. The normalized spacial score (nSPS) is 17.3. The van der Waals surface area contributed by atoms with Crippen LogP contribution in [0.5, 0.6) is 0 Å². The third-order valence-electron chi connectivity index (χ3n) is 6.14. The fraction of sp³-hybridized carbons (Fsp3) is 0.417. The standard InChI is InChI=1S/C24H26N4O2/c1-15-3-5-19(6-4-15)24(29)28-11-9-17(10-12-28)22-20(21-13-16(2)27-30-21)14-25-23(26-22)18-7-8-18/h3-6,13-14,17-18H,7-12H2,1-2H3. The zero-order valence-corrected chi connectivity index (χ0v) is 17.5. The van der Waals surface area contributed by atoms with Gasteiger partial charge in [0.2, 0.25) is 0 Å². The van der Waals surface area contributed by atoms with Gasteiger partial charge in [-0.15, -0.1) is 0 Å². The van der Waals surface area contributed by atoms with Gasteiger partial charge in [-0.05, 0) is 51.7 Å². The average Bonchev–Trinajstić information content (AvgIpc) is 3.54. The number of likely N-dealkylation sites (tertiary alicyclic amines) is 1. The zero-order valence-electron chi connectivity index (χ0n) is 17.5. The Labute approximate surface area is 176 Å². The molecule has 30 heavy (non-hydrogen) atoms. The van der Waals surface area contributed by atoms with E-state index >= 15 is 0 Å². The Bertz CT molecular complexity index is 1060. The summed E-state index contributed by atoms with van der Waals surface area (Å²) in [5, 5.41) is 4.04. The maximum Gasteiger partial charge on any atom is 0.253 e. The molecule has 2 fully saturated rings. The number of piperidine rings is 1. The topological polar surface area (TPSA) is 72.1 Å². The molecule has 3 aromatic rings. The Morgan fingerprint density at radius 2 is 1.77 bits per heavy atom. The fourth-order valence-electron chi connectivity index (χ4n) is 4.17. The Morgan fingerprint density at radius 3 is 2.40 bits per heavy atom. The molecule has 1 amide bonds. The van der Waals surface area contributed by atoms with E-state index < -0.39 is 0 Å². The summed E-state index contributed by atoms with van der Waals surface area (Å²) >= 11 is 0. The molecule has 0 atom stereocenters. The molecule has 6 heteroatoms. The predicted molar refractivity (Wildman–Crippen MR) is 113 cm³/mol. The van der Waals surface area contributed by atoms with Gasteiger partial charge in [-0.25, -0.2) is 9.97 Å². The van der Waals surface area contributed by atoms with Crippen LogP contribution in [0.4, 0.5) is 0 Å². The molecule has 1 aliphatic carbocycles. The third-order valence-corrected chi connectivity index (χ3v) is 6.14. The van der Waals surface area contributed by atoms with E-state index in [9.17, 15) is 4.79 Å². The second kappa shape index (κ2) is 7.67. The van der Waals surface area contributed by atoms with Crippen LogP contribution in [0.25, 0.3) is 11.3 Å². The average molecular weight is 402 g/mol. The van der Waals surface area contributed by atoms with Crippen LogP contribution in [-0.2, 0) is 0 Å². The van der Waals surface area contributed by atoms with Crippen molar-refractivity contribution in [2.45, 2.75) is 51.4 Å². The first-order valence-corrected chi connectivity index (χ1v) is 10.7. The van der Waals surface area contributed by atoms with E-state index in [2.05, 4.69) is 10.1 Å². The van der Waals surface area contributed by atoms with Crippen molar-refractivity contribution < 1.29 is 9.32 Å². The van der Waals surface area contributed by atoms with Gasteiger partial charge in [0.15, 0.2) is 5.76 Å². The van der Waals surface area contributed by atoms with E-state index in [1.807, 2.05) is 55.3 Å². The molecule has 3 heterocycles. The van der Waals surface area contributed by atoms with Gasteiger partial charge in [-0.1, -0.05) is 22.9 Å². The lowest BCUT2D eigenvalue weighted by Crippen LogP contribution is -2.38. The van der Waals surface area contributed by atoms with E-state index in [-0.39, 0.29) is 11.8 Å². The van der Waals surface area contributed by atoms with Crippen LogP contribution < -0.4 is 0 Å². The number of amides is 1. The highest BCUT2D eigenvalue weighted by Gasteiger charge is 2.31. The first kappa shape index (κ1) is 19.0. The second-order valence-corrected chi connectivity index (χ2v) is 8.57. The van der Waals surface area contributed by atoms with Crippen molar-refractivity contribution in [3.8, 4) is 11.3 Å². The van der Waals surface area contributed by atoms with Gasteiger partial charge in [0, 0.05) is 42.8 Å². The van der Waals surface area contributed by atoms with Crippen molar-refractivity contribution in [2.24, 2.45) is 0 Å². The largest absolute Gasteiger partial charge is 0.356 e. The molecule has 5 rings (SSSR count). The van der Waals surface area contributed by atoms with E-state index in [1.165, 1.54) is 12.8 Å². The molecule has 2 aromatic heterocycles.